The topological polar surface area (TPSA) is 324 Å². The lowest BCUT2D eigenvalue weighted by Gasteiger charge is -2.64. The highest BCUT2D eigenvalue weighted by Crippen LogP contribution is 2.73. The van der Waals surface area contributed by atoms with Gasteiger partial charge in [0.25, 0.3) is 0 Å². The zero-order valence-electron chi connectivity index (χ0n) is 36.3. The van der Waals surface area contributed by atoms with E-state index in [2.05, 4.69) is 18.8 Å². The number of aliphatic carboxylic acids is 1. The van der Waals surface area contributed by atoms with Crippen LogP contribution in [0.3, 0.4) is 0 Å². The Morgan fingerprint density at radius 2 is 1.24 bits per heavy atom. The van der Waals surface area contributed by atoms with Crippen LogP contribution in [-0.2, 0) is 38.0 Å². The lowest BCUT2D eigenvalue weighted by Crippen LogP contribution is -2.68. The molecule has 0 radical (unpaired) electrons. The van der Waals surface area contributed by atoms with E-state index in [0.717, 1.165) is 18.4 Å². The molecule has 360 valence electrons. The number of carbonyl (C=O) groups is 2. The average molecular weight is 904 g/mol. The zero-order chi connectivity index (χ0) is 46.1. The largest absolute Gasteiger partial charge is 0.480 e. The van der Waals surface area contributed by atoms with E-state index < -0.39 is 135 Å². The van der Waals surface area contributed by atoms with Crippen molar-refractivity contribution in [2.75, 3.05) is 19.8 Å². The van der Waals surface area contributed by atoms with E-state index in [9.17, 15) is 65.8 Å². The number of amides is 1. The second kappa shape index (κ2) is 18.3. The lowest BCUT2D eigenvalue weighted by molar-refractivity contribution is -0.400. The molecule has 1 amide bonds. The molecule has 20 heteroatoms. The molecule has 22 atom stereocenters. The van der Waals surface area contributed by atoms with Gasteiger partial charge in [-0.1, -0.05) is 40.7 Å². The average Bonchev–Trinajstić information content (AvgIpc) is 3.44. The fourth-order valence-corrected chi connectivity index (χ4v) is 12.9. The molecule has 12 N–H and O–H groups in total. The van der Waals surface area contributed by atoms with E-state index in [1.165, 1.54) is 0 Å². The van der Waals surface area contributed by atoms with Crippen LogP contribution in [-0.4, -0.2) is 192 Å². The highest BCUT2D eigenvalue weighted by Gasteiger charge is 2.69. The molecule has 20 nitrogen and oxygen atoms in total. The summed E-state index contributed by atoms with van der Waals surface area (Å²) >= 11 is 0. The lowest BCUT2D eigenvalue weighted by atomic mass is 9.40. The number of carboxylic acids is 1. The monoisotopic (exact) mass is 903 g/mol. The number of rotatable bonds is 13. The first-order valence-corrected chi connectivity index (χ1v) is 22.4. The molecule has 0 aromatic carbocycles. The van der Waals surface area contributed by atoms with E-state index in [1.807, 2.05) is 6.92 Å². The summed E-state index contributed by atoms with van der Waals surface area (Å²) in [5.74, 6) is -1.55. The Hall–Kier alpha value is -1.96. The molecule has 3 aliphatic heterocycles. The number of carbonyl (C=O) groups excluding carboxylic acids is 1. The van der Waals surface area contributed by atoms with Gasteiger partial charge >= 0.3 is 5.97 Å². The van der Waals surface area contributed by atoms with Gasteiger partial charge in [-0.15, -0.1) is 0 Å². The minimum Gasteiger partial charge on any atom is -0.480 e. The number of aliphatic hydroxyl groups is 10. The Kier molecular flexibility index (Phi) is 14.2. The number of carboxylic acid groups (broad SMARTS) is 1. The predicted molar refractivity (Wildman–Crippen MR) is 214 cm³/mol. The summed E-state index contributed by atoms with van der Waals surface area (Å²) in [7, 11) is 0. The molecule has 7 aliphatic rings. The molecule has 0 unspecified atom stereocenters. The van der Waals surface area contributed by atoms with Crippen molar-refractivity contribution in [1.82, 2.24) is 5.32 Å². The molecular formula is C43H69NO19. The van der Waals surface area contributed by atoms with Crippen LogP contribution in [0.4, 0.5) is 0 Å². The first kappa shape index (κ1) is 49.0. The number of ether oxygens (including phenoxy) is 6. The third-order valence-corrected chi connectivity index (χ3v) is 16.3. The van der Waals surface area contributed by atoms with E-state index in [-0.39, 0.29) is 34.5 Å². The van der Waals surface area contributed by atoms with Gasteiger partial charge in [0.1, 0.15) is 79.3 Å². The van der Waals surface area contributed by atoms with Gasteiger partial charge in [0.05, 0.1) is 25.4 Å². The van der Waals surface area contributed by atoms with Crippen LogP contribution < -0.4 is 5.32 Å². The van der Waals surface area contributed by atoms with E-state index >= 15 is 0 Å². The van der Waals surface area contributed by atoms with Gasteiger partial charge < -0.3 is 89.9 Å². The van der Waals surface area contributed by atoms with Crippen LogP contribution in [0.15, 0.2) is 12.2 Å². The van der Waals surface area contributed by atoms with Crippen molar-refractivity contribution in [2.24, 2.45) is 34.0 Å². The van der Waals surface area contributed by atoms with Crippen LogP contribution in [0.5, 0.6) is 0 Å². The molecular weight excluding hydrogens is 834 g/mol. The molecule has 7 rings (SSSR count). The van der Waals surface area contributed by atoms with Crippen molar-refractivity contribution in [2.45, 2.75) is 189 Å². The van der Waals surface area contributed by atoms with E-state index in [1.54, 1.807) is 13.8 Å². The van der Waals surface area contributed by atoms with Crippen molar-refractivity contribution >= 4 is 11.9 Å². The van der Waals surface area contributed by atoms with Gasteiger partial charge in [-0.25, -0.2) is 4.79 Å². The standard InChI is InChI=1S/C43H69NO19/c1-18(2)25(35(55)56)44-39(57)41(5)10-6-9-40(4)23(41)7-11-42-13-19(3)43(17-42,12-8-24(40)42)63-38-34(62-37-32(54)30(52)27(49)21(15-46)59-37)33(28(50)22(16-47)60-38)61-36-31(53)29(51)26(48)20(14-45)58-36/h18,20-34,36-38,45-54H,3,6-17H2,1-2,4-5H3,(H,44,57)(H,55,56)/t20-,21-,22-,23+,24+,25+,26-,27-,28-,29+,30+,31-,32-,33+,34-,36+,37+,38+,40-,41-,42-,43+/m1/s1. The first-order valence-electron chi connectivity index (χ1n) is 22.4. The maximum atomic E-state index is 14.1. The SMILES string of the molecule is C=C1C[C@@]23CC[C@H]4[C@@](C)(CCC[C@@]4(C)C(=O)N[C@H](C(=O)O)C(C)C)[C@@H]2CC[C@]1(O[C@@H]1O[C@H](CO)[C@@H](O)[C@H](O[C@@H]2O[C@H](CO)[C@@H](O)[C@H](O)[C@H]2O)[C@H]1O[C@@H]1O[C@H](CO)[C@@H](O)[C@H](O)[C@H]1O)C3. The third kappa shape index (κ3) is 8.31. The number of hydrogen-bond donors (Lipinski definition) is 12. The minimum atomic E-state index is -1.93. The maximum absolute atomic E-state index is 14.1. The van der Waals surface area contributed by atoms with Crippen LogP contribution in [0.2, 0.25) is 0 Å². The summed E-state index contributed by atoms with van der Waals surface area (Å²) in [6, 6.07) is -1.02. The fraction of sp³-hybridized carbons (Fsp3) is 0.907. The Morgan fingerprint density at radius 3 is 1.78 bits per heavy atom. The van der Waals surface area contributed by atoms with Crippen molar-refractivity contribution < 1.29 is 94.2 Å². The van der Waals surface area contributed by atoms with Gasteiger partial charge in [-0.05, 0) is 85.5 Å². The van der Waals surface area contributed by atoms with Crippen molar-refractivity contribution in [3.63, 3.8) is 0 Å². The van der Waals surface area contributed by atoms with Gasteiger partial charge in [-0.3, -0.25) is 4.79 Å². The number of nitrogens with one attached hydrogen (secondary N) is 1. The first-order chi connectivity index (χ1) is 29.6. The minimum absolute atomic E-state index is 0.0385. The fourth-order valence-electron chi connectivity index (χ4n) is 12.9. The van der Waals surface area contributed by atoms with Gasteiger partial charge in [0.2, 0.25) is 5.91 Å². The highest BCUT2D eigenvalue weighted by molar-refractivity contribution is 5.87. The van der Waals surface area contributed by atoms with Crippen LogP contribution in [0.1, 0.15) is 85.5 Å². The van der Waals surface area contributed by atoms with Crippen molar-refractivity contribution in [3.05, 3.63) is 12.2 Å². The van der Waals surface area contributed by atoms with Crippen LogP contribution >= 0.6 is 0 Å². The molecule has 2 bridgehead atoms. The Morgan fingerprint density at radius 1 is 0.714 bits per heavy atom. The van der Waals surface area contributed by atoms with Gasteiger partial charge in [0, 0.05) is 5.41 Å². The zero-order valence-corrected chi connectivity index (χ0v) is 36.3. The molecule has 4 aliphatic carbocycles. The molecule has 63 heavy (non-hydrogen) atoms. The van der Waals surface area contributed by atoms with Crippen molar-refractivity contribution in [3.8, 4) is 0 Å². The number of aliphatic hydroxyl groups excluding tert-OH is 10. The maximum Gasteiger partial charge on any atom is 0.326 e. The Bertz CT molecular complexity index is 1670. The van der Waals surface area contributed by atoms with Crippen LogP contribution in [0.25, 0.3) is 0 Å². The summed E-state index contributed by atoms with van der Waals surface area (Å²) in [5, 5.41) is 119. The van der Waals surface area contributed by atoms with Crippen LogP contribution in [0, 0.1) is 34.0 Å². The highest BCUT2D eigenvalue weighted by atomic mass is 16.8. The normalized spacial score (nSPS) is 50.4. The summed E-state index contributed by atoms with van der Waals surface area (Å²) in [4.78, 5) is 26.3. The van der Waals surface area contributed by atoms with Gasteiger partial charge in [0.15, 0.2) is 18.9 Å². The van der Waals surface area contributed by atoms with Gasteiger partial charge in [-0.2, -0.15) is 0 Å². The predicted octanol–water partition coefficient (Wildman–Crippen LogP) is -2.23. The molecule has 7 fully saturated rings. The second-order valence-corrected chi connectivity index (χ2v) is 20.2. The molecule has 0 aromatic heterocycles. The second-order valence-electron chi connectivity index (χ2n) is 20.2. The number of fused-ring (bicyclic) bond motifs is 3. The Labute approximate surface area is 366 Å². The summed E-state index contributed by atoms with van der Waals surface area (Å²) in [5.41, 5.74) is -1.78. The molecule has 1 spiro atoms. The number of hydrogen-bond acceptors (Lipinski definition) is 18. The third-order valence-electron chi connectivity index (χ3n) is 16.3. The Balaban J connectivity index is 1.19. The molecule has 0 aromatic rings. The summed E-state index contributed by atoms with van der Waals surface area (Å²) in [6.07, 6.45) is -19.9. The molecule has 3 heterocycles. The quantitative estimate of drug-likeness (QED) is 0.0687. The molecule has 3 saturated heterocycles. The summed E-state index contributed by atoms with van der Waals surface area (Å²) in [6.45, 7) is 9.91. The summed E-state index contributed by atoms with van der Waals surface area (Å²) < 4.78 is 36.9. The van der Waals surface area contributed by atoms with Crippen molar-refractivity contribution in [1.29, 1.82) is 0 Å². The smallest absolute Gasteiger partial charge is 0.326 e. The van der Waals surface area contributed by atoms with E-state index in [0.29, 0.717) is 44.9 Å². The van der Waals surface area contributed by atoms with E-state index in [4.69, 9.17) is 28.4 Å². The molecule has 4 saturated carbocycles.